The lowest BCUT2D eigenvalue weighted by atomic mass is 9.98. The Hall–Kier alpha value is -2.49. The van der Waals surface area contributed by atoms with Crippen molar-refractivity contribution in [3.63, 3.8) is 0 Å². The number of carbonyl (C=O) groups is 1. The Morgan fingerprint density at radius 2 is 2.03 bits per heavy atom. The van der Waals surface area contributed by atoms with Gasteiger partial charge in [0, 0.05) is 43.4 Å². The minimum Gasteiger partial charge on any atom is -0.352 e. The van der Waals surface area contributed by atoms with Gasteiger partial charge in [0.25, 0.3) is 10.0 Å². The summed E-state index contributed by atoms with van der Waals surface area (Å²) in [6, 6.07) is 11.4. The van der Waals surface area contributed by atoms with Crippen LogP contribution in [-0.2, 0) is 27.9 Å². The highest BCUT2D eigenvalue weighted by Crippen LogP contribution is 2.28. The predicted octanol–water partition coefficient (Wildman–Crippen LogP) is 3.02. The van der Waals surface area contributed by atoms with Crippen LogP contribution in [0.5, 0.6) is 0 Å². The number of thiophene rings is 1. The number of aryl methyl sites for hydroxylation is 1. The maximum Gasteiger partial charge on any atom is 0.252 e. The first kappa shape index (κ1) is 21.7. The number of imidazole rings is 1. The van der Waals surface area contributed by atoms with Gasteiger partial charge in [-0.1, -0.05) is 24.3 Å². The molecule has 4 rings (SSSR count). The van der Waals surface area contributed by atoms with Crippen LogP contribution in [0.15, 0.2) is 59.3 Å². The highest BCUT2D eigenvalue weighted by atomic mass is 32.2. The minimum atomic E-state index is -3.55. The minimum absolute atomic E-state index is 0.0975. The van der Waals surface area contributed by atoms with Crippen LogP contribution in [0, 0.1) is 12.8 Å². The number of sulfonamides is 1. The smallest absolute Gasteiger partial charge is 0.252 e. The maximum atomic E-state index is 12.9. The summed E-state index contributed by atoms with van der Waals surface area (Å²) in [5, 5.41) is 3.02. The van der Waals surface area contributed by atoms with E-state index in [0.29, 0.717) is 36.7 Å². The lowest BCUT2D eigenvalue weighted by Crippen LogP contribution is -2.45. The summed E-state index contributed by atoms with van der Waals surface area (Å²) in [5.41, 5.74) is 2.15. The molecule has 3 heterocycles. The van der Waals surface area contributed by atoms with Crippen molar-refractivity contribution in [2.24, 2.45) is 5.92 Å². The summed E-state index contributed by atoms with van der Waals surface area (Å²) in [6.45, 7) is 3.66. The Morgan fingerprint density at radius 3 is 2.74 bits per heavy atom. The van der Waals surface area contributed by atoms with Gasteiger partial charge in [-0.15, -0.1) is 11.3 Å². The van der Waals surface area contributed by atoms with Gasteiger partial charge < -0.3 is 9.88 Å². The van der Waals surface area contributed by atoms with Gasteiger partial charge in [-0.25, -0.2) is 13.4 Å². The molecule has 3 aromatic rings. The number of benzene rings is 1. The number of hydrogen-bond donors (Lipinski definition) is 1. The number of nitrogens with one attached hydrogen (secondary N) is 1. The van der Waals surface area contributed by atoms with E-state index in [2.05, 4.69) is 10.3 Å². The zero-order valence-corrected chi connectivity index (χ0v) is 19.0. The highest BCUT2D eigenvalue weighted by Gasteiger charge is 2.33. The summed E-state index contributed by atoms with van der Waals surface area (Å²) < 4.78 is 29.7. The normalized spacial score (nSPS) is 17.5. The van der Waals surface area contributed by atoms with Crippen molar-refractivity contribution in [3.8, 4) is 0 Å². The molecule has 1 saturated heterocycles. The van der Waals surface area contributed by atoms with Crippen LogP contribution >= 0.6 is 11.3 Å². The third kappa shape index (κ3) is 5.06. The molecule has 31 heavy (non-hydrogen) atoms. The van der Waals surface area contributed by atoms with Crippen LogP contribution < -0.4 is 5.32 Å². The number of aromatic nitrogens is 2. The van der Waals surface area contributed by atoms with Gasteiger partial charge in [0.05, 0.1) is 12.2 Å². The number of nitrogens with zero attached hydrogens (tertiary/aromatic N) is 3. The first-order valence-electron chi connectivity index (χ1n) is 10.3. The van der Waals surface area contributed by atoms with E-state index < -0.39 is 10.0 Å². The Morgan fingerprint density at radius 1 is 1.23 bits per heavy atom. The number of rotatable bonds is 7. The number of carbonyl (C=O) groups excluding carboxylic acids is 1. The van der Waals surface area contributed by atoms with Gasteiger partial charge in [0.15, 0.2) is 0 Å². The molecule has 0 spiro atoms. The second-order valence-electron chi connectivity index (χ2n) is 7.79. The molecule has 0 bridgehead atoms. The van der Waals surface area contributed by atoms with Crippen LogP contribution in [0.2, 0.25) is 0 Å². The second kappa shape index (κ2) is 9.33. The first-order chi connectivity index (χ1) is 14.9. The predicted molar refractivity (Wildman–Crippen MR) is 120 cm³/mol. The van der Waals surface area contributed by atoms with Crippen molar-refractivity contribution < 1.29 is 13.2 Å². The Kier molecular flexibility index (Phi) is 6.54. The summed E-state index contributed by atoms with van der Waals surface area (Å²) in [6.07, 6.45) is 6.78. The molecule has 7 nitrogen and oxygen atoms in total. The van der Waals surface area contributed by atoms with E-state index in [1.165, 1.54) is 15.6 Å². The summed E-state index contributed by atoms with van der Waals surface area (Å²) in [7, 11) is -3.55. The molecule has 2 aromatic heterocycles. The molecule has 0 aliphatic carbocycles. The monoisotopic (exact) mass is 458 g/mol. The molecular weight excluding hydrogens is 432 g/mol. The molecule has 1 amide bonds. The molecule has 9 heteroatoms. The fourth-order valence-corrected chi connectivity index (χ4v) is 6.80. The van der Waals surface area contributed by atoms with Crippen LogP contribution in [0.4, 0.5) is 0 Å². The topological polar surface area (TPSA) is 84.3 Å². The largest absolute Gasteiger partial charge is 0.352 e. The van der Waals surface area contributed by atoms with E-state index in [1.807, 2.05) is 48.0 Å². The van der Waals surface area contributed by atoms with Crippen LogP contribution in [0.3, 0.4) is 0 Å². The van der Waals surface area contributed by atoms with Crippen LogP contribution in [-0.4, -0.2) is 41.3 Å². The zero-order chi connectivity index (χ0) is 21.8. The van der Waals surface area contributed by atoms with Gasteiger partial charge in [-0.2, -0.15) is 4.31 Å². The quantitative estimate of drug-likeness (QED) is 0.590. The molecule has 0 saturated carbocycles. The summed E-state index contributed by atoms with van der Waals surface area (Å²) in [4.78, 5) is 17.9. The molecule has 1 aliphatic heterocycles. The average Bonchev–Trinajstić information content (AvgIpc) is 3.45. The van der Waals surface area contributed by atoms with Crippen molar-refractivity contribution in [2.75, 3.05) is 13.1 Å². The fraction of sp³-hybridized carbons (Fsp3) is 0.364. The molecule has 1 atom stereocenters. The molecule has 1 aliphatic rings. The average molecular weight is 459 g/mol. The van der Waals surface area contributed by atoms with Crippen LogP contribution in [0.25, 0.3) is 0 Å². The van der Waals surface area contributed by atoms with E-state index in [9.17, 15) is 13.2 Å². The summed E-state index contributed by atoms with van der Waals surface area (Å²) in [5.74, 6) is -0.440. The zero-order valence-electron chi connectivity index (χ0n) is 17.4. The molecule has 1 fully saturated rings. The Balaban J connectivity index is 1.39. The molecule has 1 aromatic carbocycles. The standard InChI is InChI=1S/C22H26N4O3S2/c1-17-8-9-21(30-17)31(28,29)26-11-4-7-20(15-26)22(27)24-13-18-5-2-3-6-19(18)14-25-12-10-23-16-25/h2-3,5-6,8-10,12,16,20H,4,7,11,13-15H2,1H3,(H,24,27)/t20-/m1/s1. The van der Waals surface area contributed by atoms with Crippen molar-refractivity contribution in [2.45, 2.75) is 37.1 Å². The van der Waals surface area contributed by atoms with E-state index in [1.54, 1.807) is 18.6 Å². The first-order valence-corrected chi connectivity index (χ1v) is 12.6. The van der Waals surface area contributed by atoms with E-state index in [4.69, 9.17) is 0 Å². The lowest BCUT2D eigenvalue weighted by Gasteiger charge is -2.30. The van der Waals surface area contributed by atoms with E-state index in [0.717, 1.165) is 16.0 Å². The Bertz CT molecular complexity index is 1140. The second-order valence-corrected chi connectivity index (χ2v) is 11.2. The van der Waals surface area contributed by atoms with Crippen LogP contribution in [0.1, 0.15) is 28.8 Å². The molecular formula is C22H26N4O3S2. The van der Waals surface area contributed by atoms with Crippen molar-refractivity contribution in [1.82, 2.24) is 19.2 Å². The van der Waals surface area contributed by atoms with Crippen molar-refractivity contribution in [3.05, 3.63) is 71.1 Å². The lowest BCUT2D eigenvalue weighted by molar-refractivity contribution is -0.126. The molecule has 164 valence electrons. The number of piperidine rings is 1. The number of amides is 1. The van der Waals surface area contributed by atoms with Gasteiger partial charge in [-0.3, -0.25) is 4.79 Å². The van der Waals surface area contributed by atoms with Gasteiger partial charge in [0.1, 0.15) is 4.21 Å². The maximum absolute atomic E-state index is 12.9. The molecule has 0 radical (unpaired) electrons. The van der Waals surface area contributed by atoms with Crippen molar-refractivity contribution in [1.29, 1.82) is 0 Å². The summed E-state index contributed by atoms with van der Waals surface area (Å²) >= 11 is 1.27. The number of hydrogen-bond acceptors (Lipinski definition) is 5. The fourth-order valence-electron chi connectivity index (χ4n) is 3.84. The molecule has 1 N–H and O–H groups in total. The Labute approximate surface area is 186 Å². The highest BCUT2D eigenvalue weighted by molar-refractivity contribution is 7.91. The SMILES string of the molecule is Cc1ccc(S(=O)(=O)N2CCC[C@@H](C(=O)NCc3ccccc3Cn3ccnc3)C2)s1. The van der Waals surface area contributed by atoms with E-state index >= 15 is 0 Å². The van der Waals surface area contributed by atoms with Crippen molar-refractivity contribution >= 4 is 27.3 Å². The van der Waals surface area contributed by atoms with E-state index in [-0.39, 0.29) is 18.4 Å². The van der Waals surface area contributed by atoms with Gasteiger partial charge >= 0.3 is 0 Å². The molecule has 0 unspecified atom stereocenters. The third-order valence-corrected chi connectivity index (χ3v) is 8.88. The van der Waals surface area contributed by atoms with Gasteiger partial charge in [0.2, 0.25) is 5.91 Å². The van der Waals surface area contributed by atoms with Gasteiger partial charge in [-0.05, 0) is 43.0 Å². The third-order valence-electron chi connectivity index (χ3n) is 5.55.